The van der Waals surface area contributed by atoms with Crippen molar-refractivity contribution in [1.29, 1.82) is 0 Å². The van der Waals surface area contributed by atoms with Crippen LogP contribution in [-0.4, -0.2) is 67.3 Å². The van der Waals surface area contributed by atoms with Gasteiger partial charge in [0, 0.05) is 5.56 Å². The van der Waals surface area contributed by atoms with Crippen molar-refractivity contribution in [2.45, 2.75) is 56.4 Å². The summed E-state index contributed by atoms with van der Waals surface area (Å²) in [5.41, 5.74) is -1.29. The van der Waals surface area contributed by atoms with Gasteiger partial charge in [-0.25, -0.2) is 4.79 Å². The summed E-state index contributed by atoms with van der Waals surface area (Å²) < 4.78 is 104. The van der Waals surface area contributed by atoms with Crippen molar-refractivity contribution in [3.8, 4) is 11.5 Å². The number of fused-ring (bicyclic) bond motifs is 2. The SMILES string of the molecule is CCc1cc(OC(F)(F)F)cc2c1OC(C(F)(F)F)C(C(=O)O[C@H]1CO[C@H]3[C@@H]1OC[C@H]3O[N+](=O)[O-])=C2. The quantitative estimate of drug-likeness (QED) is 0.237. The minimum absolute atomic E-state index is 0.00277. The summed E-state index contributed by atoms with van der Waals surface area (Å²) in [6, 6.07) is 1.68. The summed E-state index contributed by atoms with van der Waals surface area (Å²) in [6.07, 6.45) is -16.6. The molecule has 1 unspecified atom stereocenters. The molecule has 10 nitrogen and oxygen atoms in total. The molecule has 2 saturated heterocycles. The van der Waals surface area contributed by atoms with E-state index in [4.69, 9.17) is 18.9 Å². The fourth-order valence-electron chi connectivity index (χ4n) is 4.16. The van der Waals surface area contributed by atoms with Gasteiger partial charge >= 0.3 is 18.5 Å². The molecule has 1 aromatic carbocycles. The maximum atomic E-state index is 13.8. The fourth-order valence-corrected chi connectivity index (χ4v) is 4.16. The van der Waals surface area contributed by atoms with Crippen LogP contribution in [0.15, 0.2) is 17.7 Å². The highest BCUT2D eigenvalue weighted by molar-refractivity contribution is 5.96. The van der Waals surface area contributed by atoms with Crippen LogP contribution in [0.4, 0.5) is 26.3 Å². The highest BCUT2D eigenvalue weighted by Gasteiger charge is 2.53. The number of nitrogens with zero attached hydrogens (tertiary/aromatic N) is 1. The number of benzene rings is 1. The molecule has 4 rings (SSSR count). The lowest BCUT2D eigenvalue weighted by molar-refractivity contribution is -0.769. The second-order valence-electron chi connectivity index (χ2n) is 7.95. The van der Waals surface area contributed by atoms with Gasteiger partial charge in [-0.1, -0.05) is 6.92 Å². The average Bonchev–Trinajstić information content (AvgIpc) is 3.33. The molecule has 0 spiro atoms. The van der Waals surface area contributed by atoms with E-state index < -0.39 is 65.4 Å². The molecule has 5 atom stereocenters. The highest BCUT2D eigenvalue weighted by atomic mass is 19.4. The Labute approximate surface area is 197 Å². The summed E-state index contributed by atoms with van der Waals surface area (Å²) in [4.78, 5) is 27.8. The van der Waals surface area contributed by atoms with Crippen molar-refractivity contribution in [2.24, 2.45) is 0 Å². The Morgan fingerprint density at radius 1 is 1.11 bits per heavy atom. The number of rotatable bonds is 6. The van der Waals surface area contributed by atoms with Crippen LogP contribution in [0.2, 0.25) is 0 Å². The van der Waals surface area contributed by atoms with E-state index in [0.717, 1.165) is 18.2 Å². The Morgan fingerprint density at radius 3 is 2.33 bits per heavy atom. The molecule has 36 heavy (non-hydrogen) atoms. The molecule has 0 bridgehead atoms. The highest BCUT2D eigenvalue weighted by Crippen LogP contribution is 2.42. The lowest BCUT2D eigenvalue weighted by atomic mass is 9.97. The smallest absolute Gasteiger partial charge is 0.475 e. The first-order chi connectivity index (χ1) is 16.8. The van der Waals surface area contributed by atoms with Crippen LogP contribution in [0.1, 0.15) is 18.1 Å². The minimum Gasteiger partial charge on any atom is -0.475 e. The molecular formula is C20H17F6NO9. The molecule has 0 radical (unpaired) electrons. The van der Waals surface area contributed by atoms with Gasteiger partial charge < -0.3 is 28.5 Å². The predicted molar refractivity (Wildman–Crippen MR) is 102 cm³/mol. The number of alkyl halides is 6. The van der Waals surface area contributed by atoms with Crippen molar-refractivity contribution in [3.05, 3.63) is 38.9 Å². The van der Waals surface area contributed by atoms with Crippen LogP contribution >= 0.6 is 0 Å². The van der Waals surface area contributed by atoms with Crippen LogP contribution in [0.5, 0.6) is 11.5 Å². The summed E-state index contributed by atoms with van der Waals surface area (Å²) in [5, 5.41) is 9.51. The molecule has 0 aliphatic carbocycles. The van der Waals surface area contributed by atoms with Gasteiger partial charge in [0.05, 0.1) is 18.8 Å². The number of halogens is 6. The third kappa shape index (κ3) is 5.28. The molecule has 3 heterocycles. The zero-order valence-corrected chi connectivity index (χ0v) is 18.1. The Bertz CT molecular complexity index is 1070. The zero-order chi connectivity index (χ0) is 26.4. The summed E-state index contributed by atoms with van der Waals surface area (Å²) in [5.74, 6) is -2.55. The van der Waals surface area contributed by atoms with Gasteiger partial charge in [-0.2, -0.15) is 13.2 Å². The van der Waals surface area contributed by atoms with Crippen LogP contribution in [0.3, 0.4) is 0 Å². The molecule has 3 aliphatic rings. The molecule has 0 saturated carbocycles. The van der Waals surface area contributed by atoms with Crippen molar-refractivity contribution >= 4 is 12.0 Å². The second kappa shape index (κ2) is 9.31. The van der Waals surface area contributed by atoms with Crippen LogP contribution in [-0.2, 0) is 30.3 Å². The van der Waals surface area contributed by atoms with E-state index in [-0.39, 0.29) is 36.5 Å². The fraction of sp³-hybridized carbons (Fsp3) is 0.550. The van der Waals surface area contributed by atoms with E-state index in [1.54, 1.807) is 0 Å². The van der Waals surface area contributed by atoms with E-state index >= 15 is 0 Å². The number of carbonyl (C=O) groups is 1. The summed E-state index contributed by atoms with van der Waals surface area (Å²) in [6.45, 7) is 0.862. The average molecular weight is 529 g/mol. The second-order valence-corrected chi connectivity index (χ2v) is 7.95. The molecule has 0 N–H and O–H groups in total. The molecule has 0 amide bonds. The van der Waals surface area contributed by atoms with Crippen LogP contribution in [0.25, 0.3) is 6.08 Å². The molecule has 1 aromatic rings. The van der Waals surface area contributed by atoms with E-state index in [1.807, 2.05) is 0 Å². The monoisotopic (exact) mass is 529 g/mol. The molecule has 16 heteroatoms. The van der Waals surface area contributed by atoms with Gasteiger partial charge in [0.15, 0.2) is 12.2 Å². The van der Waals surface area contributed by atoms with Crippen molar-refractivity contribution < 1.29 is 64.7 Å². The van der Waals surface area contributed by atoms with Crippen molar-refractivity contribution in [2.75, 3.05) is 13.2 Å². The third-order valence-electron chi connectivity index (χ3n) is 5.59. The molecule has 0 aromatic heterocycles. The van der Waals surface area contributed by atoms with Gasteiger partial charge in [0.1, 0.15) is 23.7 Å². The number of esters is 1. The van der Waals surface area contributed by atoms with Crippen LogP contribution < -0.4 is 9.47 Å². The number of hydrogen-bond acceptors (Lipinski definition) is 9. The van der Waals surface area contributed by atoms with Crippen LogP contribution in [0, 0.1) is 10.1 Å². The first kappa shape index (κ1) is 25.8. The first-order valence-corrected chi connectivity index (χ1v) is 10.4. The van der Waals surface area contributed by atoms with E-state index in [2.05, 4.69) is 9.57 Å². The molecule has 3 aliphatic heterocycles. The van der Waals surface area contributed by atoms with Gasteiger partial charge in [0.2, 0.25) is 6.10 Å². The summed E-state index contributed by atoms with van der Waals surface area (Å²) >= 11 is 0. The maximum Gasteiger partial charge on any atom is 0.573 e. The normalized spacial score (nSPS) is 27.4. The van der Waals surface area contributed by atoms with Crippen molar-refractivity contribution in [3.63, 3.8) is 0 Å². The topological polar surface area (TPSA) is 116 Å². The van der Waals surface area contributed by atoms with E-state index in [9.17, 15) is 41.3 Å². The molecular weight excluding hydrogens is 512 g/mol. The lowest BCUT2D eigenvalue weighted by Gasteiger charge is -2.30. The number of hydrogen-bond donors (Lipinski definition) is 0. The van der Waals surface area contributed by atoms with E-state index in [1.165, 1.54) is 6.92 Å². The zero-order valence-electron chi connectivity index (χ0n) is 18.1. The summed E-state index contributed by atoms with van der Waals surface area (Å²) in [7, 11) is 0. The maximum absolute atomic E-state index is 13.8. The lowest BCUT2D eigenvalue weighted by Crippen LogP contribution is -2.43. The Balaban J connectivity index is 1.61. The Hall–Kier alpha value is -3.27. The van der Waals surface area contributed by atoms with E-state index in [0.29, 0.717) is 0 Å². The van der Waals surface area contributed by atoms with Crippen molar-refractivity contribution in [1.82, 2.24) is 0 Å². The number of carbonyl (C=O) groups excluding carboxylic acids is 1. The Kier molecular flexibility index (Phi) is 6.68. The van der Waals surface area contributed by atoms with Gasteiger partial charge in [0.25, 0.3) is 5.09 Å². The first-order valence-electron chi connectivity index (χ1n) is 10.4. The molecule has 2 fully saturated rings. The standard InChI is InChI=1S/C20H17F6NO9/c1-2-8-3-10(35-20(24,25)26)4-9-5-11(17(19(21,22)23)34-14(8)9)18(28)33-12-6-31-16-13(36-27(29)30)7-32-15(12)16/h3-5,12-13,15-17H,2,6-7H2,1H3/t12-,13+,15+,16+,17?/m0/s1. The van der Waals surface area contributed by atoms with Gasteiger partial charge in [-0.3, -0.25) is 0 Å². The number of aryl methyl sites for hydroxylation is 1. The molecule has 198 valence electrons. The van der Waals surface area contributed by atoms with Gasteiger partial charge in [-0.05, 0) is 30.2 Å². The van der Waals surface area contributed by atoms with Gasteiger partial charge in [-0.15, -0.1) is 23.3 Å². The largest absolute Gasteiger partial charge is 0.573 e. The third-order valence-corrected chi connectivity index (χ3v) is 5.59. The number of ether oxygens (including phenoxy) is 5. The predicted octanol–water partition coefficient (Wildman–Crippen LogP) is 3.14. The Morgan fingerprint density at radius 2 is 1.75 bits per heavy atom. The minimum atomic E-state index is -5.09.